The normalized spacial score (nSPS) is 25.1. The Labute approximate surface area is 175 Å². The van der Waals surface area contributed by atoms with Gasteiger partial charge in [0.1, 0.15) is 47.1 Å². The van der Waals surface area contributed by atoms with Crippen LogP contribution < -0.4 is 22.1 Å². The minimum Gasteiger partial charge on any atom is -0.370 e. The number of aromatic nitrogens is 1. The summed E-state index contributed by atoms with van der Waals surface area (Å²) >= 11 is 6.71. The van der Waals surface area contributed by atoms with Crippen molar-refractivity contribution in [3.8, 4) is 0 Å². The highest BCUT2D eigenvalue weighted by Crippen LogP contribution is 2.66. The lowest BCUT2D eigenvalue weighted by Crippen LogP contribution is -2.66. The highest BCUT2D eigenvalue weighted by atomic mass is 35.5. The van der Waals surface area contributed by atoms with Crippen molar-refractivity contribution >= 4 is 123 Å². The predicted molar refractivity (Wildman–Crippen MR) is 146 cm³/mol. The van der Waals surface area contributed by atoms with E-state index in [1.807, 2.05) is 7.85 Å². The molecule has 2 aromatic rings. The average Bonchev–Trinajstić information content (AvgIpc) is 2.97. The molecular weight excluding hydrogens is 344 g/mol. The molecule has 14 heteroatoms. The zero-order valence-corrected chi connectivity index (χ0v) is 19.1. The molecule has 128 valence electrons. The van der Waals surface area contributed by atoms with E-state index in [4.69, 9.17) is 17.3 Å². The molecule has 1 aromatic carbocycles. The van der Waals surface area contributed by atoms with Crippen LogP contribution in [0.3, 0.4) is 0 Å². The summed E-state index contributed by atoms with van der Waals surface area (Å²) in [7, 11) is 21.6. The minimum atomic E-state index is -0.820. The van der Waals surface area contributed by atoms with Gasteiger partial charge >= 0.3 is 0 Å². The molecule has 3 rings (SSSR count). The van der Waals surface area contributed by atoms with Crippen molar-refractivity contribution in [2.75, 3.05) is 0 Å². The Morgan fingerprint density at radius 2 is 1.41 bits per heavy atom. The number of carbonyl (C=O) groups is 1. The van der Waals surface area contributed by atoms with Crippen LogP contribution in [-0.2, 0) is 15.3 Å². The van der Waals surface area contributed by atoms with Crippen LogP contribution in [0.25, 0.3) is 10.9 Å². The van der Waals surface area contributed by atoms with Crippen LogP contribution in [0.5, 0.6) is 0 Å². The first-order chi connectivity index (χ1) is 12.1. The Kier molecular flexibility index (Phi) is 4.35. The molecule has 0 spiro atoms. The van der Waals surface area contributed by atoms with Crippen LogP contribution in [-0.4, -0.2) is 89.4 Å². The van der Waals surface area contributed by atoms with Crippen molar-refractivity contribution in [1.82, 2.24) is 4.98 Å². The van der Waals surface area contributed by atoms with Gasteiger partial charge in [-0.15, -0.1) is 0 Å². The fourth-order valence-corrected chi connectivity index (χ4v) is 5.60. The maximum Gasteiger partial charge on any atom is 0.220 e. The second-order valence-electron chi connectivity index (χ2n) is 10.2. The second kappa shape index (κ2) is 5.62. The molecule has 0 saturated heterocycles. The Balaban J connectivity index is 2.68. The molecule has 1 aliphatic rings. The first-order valence-electron chi connectivity index (χ1n) is 9.68. The van der Waals surface area contributed by atoms with E-state index in [0.717, 1.165) is 38.0 Å². The van der Waals surface area contributed by atoms with E-state index in [0.29, 0.717) is 0 Å². The van der Waals surface area contributed by atoms with Crippen molar-refractivity contribution < 1.29 is 4.79 Å². The minimum absolute atomic E-state index is 0.186. The van der Waals surface area contributed by atoms with Gasteiger partial charge in [-0.05, 0) is 10.9 Å². The number of hydrogen-bond acceptors (Lipinski definition) is 1. The van der Waals surface area contributed by atoms with Crippen LogP contribution in [0.1, 0.15) is 11.3 Å². The molecule has 0 fully saturated rings. The zero-order valence-electron chi connectivity index (χ0n) is 18.4. The molecule has 1 amide bonds. The lowest BCUT2D eigenvalue weighted by molar-refractivity contribution is -0.121. The molecule has 0 saturated carbocycles. The van der Waals surface area contributed by atoms with Gasteiger partial charge in [0.15, 0.2) is 0 Å². The molecule has 27 heavy (non-hydrogen) atoms. The molecule has 3 nitrogen and oxygen atoms in total. The fraction of sp³-hybridized carbons (Fsp3) is 0.308. The number of fused-ring (bicyclic) bond motifs is 3. The molecule has 1 heterocycles. The molecular formula is C13H23B10ClN2O. The quantitative estimate of drug-likeness (QED) is 0.484. The summed E-state index contributed by atoms with van der Waals surface area (Å²) in [6.45, 7) is 0. The molecule has 1 aliphatic carbocycles. The molecule has 0 aliphatic heterocycles. The van der Waals surface area contributed by atoms with E-state index in [1.54, 1.807) is 0 Å². The molecule has 3 N–H and O–H groups in total. The number of hydrogen-bond donors (Lipinski definition) is 2. The number of nitrogens with one attached hydrogen (secondary N) is 1. The lowest BCUT2D eigenvalue weighted by atomic mass is 9.09. The number of rotatable bonds is 1. The third-order valence-electron chi connectivity index (χ3n) is 8.96. The van der Waals surface area contributed by atoms with E-state index in [9.17, 15) is 4.79 Å². The SMILES string of the molecule is Bc1c(Cl)c(B)c2c3c([nH]c2c1B)C(B)(C(N)=O)C(B)(B)C(B)(B)C3(B)B. The standard InChI is InChI=1S/C13H23B10ClN2O/c14-3-1-2-8(26-7(1)5(16)4(15)6(3)24)10(17,9(25)27)12(20,21)13(22,23)11(2,18)19/h26H,14-23H2,(H2,25,27). The van der Waals surface area contributed by atoms with Gasteiger partial charge in [0.2, 0.25) is 5.91 Å². The van der Waals surface area contributed by atoms with Crippen molar-refractivity contribution in [1.29, 1.82) is 0 Å². The van der Waals surface area contributed by atoms with Crippen LogP contribution in [0.15, 0.2) is 0 Å². The number of halogens is 1. The van der Waals surface area contributed by atoms with Crippen LogP contribution in [0.2, 0.25) is 15.5 Å². The summed E-state index contributed by atoms with van der Waals surface area (Å²) in [5, 5.41) is 0.405. The monoisotopic (exact) mass is 368 g/mol. The summed E-state index contributed by atoms with van der Waals surface area (Å²) < 4.78 is 0. The fourth-order valence-electron chi connectivity index (χ4n) is 5.36. The van der Waals surface area contributed by atoms with Crippen LogP contribution in [0, 0.1) is 0 Å². The first kappa shape index (κ1) is 20.9. The first-order valence-corrected chi connectivity index (χ1v) is 10.1. The van der Waals surface area contributed by atoms with Gasteiger partial charge in [0, 0.05) is 21.5 Å². The zero-order chi connectivity index (χ0) is 20.9. The molecule has 1 unspecified atom stereocenters. The summed E-state index contributed by atoms with van der Waals surface area (Å²) in [6, 6.07) is 0. The Hall–Kier alpha value is -0.831. The number of H-pyrrole nitrogens is 1. The Bertz CT molecular complexity index is 1020. The molecule has 1 atom stereocenters. The van der Waals surface area contributed by atoms with E-state index in [1.165, 1.54) is 5.56 Å². The molecule has 1 aromatic heterocycles. The van der Waals surface area contributed by atoms with Crippen molar-refractivity contribution in [3.63, 3.8) is 0 Å². The van der Waals surface area contributed by atoms with E-state index in [2.05, 4.69) is 75.6 Å². The van der Waals surface area contributed by atoms with Crippen LogP contribution >= 0.6 is 11.6 Å². The third kappa shape index (κ3) is 2.10. The number of primary amides is 1. The van der Waals surface area contributed by atoms with Gasteiger partial charge in [-0.1, -0.05) is 43.6 Å². The number of benzene rings is 1. The topological polar surface area (TPSA) is 58.9 Å². The van der Waals surface area contributed by atoms with Gasteiger partial charge in [0.25, 0.3) is 0 Å². The number of aromatic amines is 1. The highest BCUT2D eigenvalue weighted by Gasteiger charge is 2.64. The molecule has 0 radical (unpaired) electrons. The third-order valence-corrected chi connectivity index (χ3v) is 9.53. The second-order valence-corrected chi connectivity index (χ2v) is 10.6. The Morgan fingerprint density at radius 3 is 1.89 bits per heavy atom. The lowest BCUT2D eigenvalue weighted by Gasteiger charge is -2.64. The number of nitrogens with two attached hydrogens (primary N) is 1. The smallest absolute Gasteiger partial charge is 0.220 e. The van der Waals surface area contributed by atoms with E-state index >= 15 is 0 Å². The number of carbonyl (C=O) groups excluding carboxylic acids is 1. The summed E-state index contributed by atoms with van der Waals surface area (Å²) in [5.74, 6) is -0.290. The van der Waals surface area contributed by atoms with Crippen LogP contribution in [0.4, 0.5) is 0 Å². The van der Waals surface area contributed by atoms with Crippen molar-refractivity contribution in [3.05, 3.63) is 16.3 Å². The summed E-state index contributed by atoms with van der Waals surface area (Å²) in [5.41, 5.74) is 12.6. The average molecular weight is 367 g/mol. The number of amides is 1. The maximum atomic E-state index is 12.9. The summed E-state index contributed by atoms with van der Waals surface area (Å²) in [4.78, 5) is 16.6. The predicted octanol–water partition coefficient (Wildman–Crippen LogP) is -9.89. The van der Waals surface area contributed by atoms with E-state index in [-0.39, 0.29) is 21.5 Å². The highest BCUT2D eigenvalue weighted by molar-refractivity contribution is 6.67. The van der Waals surface area contributed by atoms with Gasteiger partial charge in [-0.3, -0.25) is 4.79 Å². The van der Waals surface area contributed by atoms with Gasteiger partial charge in [0.05, 0.1) is 31.4 Å². The van der Waals surface area contributed by atoms with E-state index < -0.39 is 5.31 Å². The maximum absolute atomic E-state index is 12.9. The van der Waals surface area contributed by atoms with Gasteiger partial charge < -0.3 is 10.7 Å². The van der Waals surface area contributed by atoms with Crippen molar-refractivity contribution in [2.45, 2.75) is 21.0 Å². The van der Waals surface area contributed by atoms with Gasteiger partial charge in [-0.25, -0.2) is 0 Å². The summed E-state index contributed by atoms with van der Waals surface area (Å²) in [6.07, 6.45) is 0. The molecule has 0 bridgehead atoms. The Morgan fingerprint density at radius 1 is 0.889 bits per heavy atom. The van der Waals surface area contributed by atoms with Gasteiger partial charge in [-0.2, -0.15) is 0 Å². The van der Waals surface area contributed by atoms with Crippen molar-refractivity contribution in [2.24, 2.45) is 5.73 Å². The largest absolute Gasteiger partial charge is 0.370 e.